The Morgan fingerprint density at radius 1 is 0.846 bits per heavy atom. The van der Waals surface area contributed by atoms with Crippen molar-refractivity contribution in [3.05, 3.63) is 85.0 Å². The summed E-state index contributed by atoms with van der Waals surface area (Å²) in [5.41, 5.74) is 6.11. The second-order valence-corrected chi connectivity index (χ2v) is 14.8. The first-order valence-corrected chi connectivity index (χ1v) is 13.7. The zero-order valence-electron chi connectivity index (χ0n) is 16.3. The quantitative estimate of drug-likeness (QED) is 0.550. The predicted molar refractivity (Wildman–Crippen MR) is 120 cm³/mol. The van der Waals surface area contributed by atoms with Crippen molar-refractivity contribution in [3.63, 3.8) is 0 Å². The van der Waals surface area contributed by atoms with E-state index in [1.54, 1.807) is 12.2 Å². The molecule has 3 rings (SSSR count). The Labute approximate surface area is 168 Å². The van der Waals surface area contributed by atoms with E-state index in [9.17, 15) is 0 Å². The molecule has 0 radical (unpaired) electrons. The van der Waals surface area contributed by atoms with Crippen molar-refractivity contribution in [1.29, 1.82) is 0 Å². The Morgan fingerprint density at radius 2 is 1.23 bits per heavy atom. The van der Waals surface area contributed by atoms with Crippen LogP contribution in [0, 0.1) is 0 Å². The molecule has 0 saturated carbocycles. The van der Waals surface area contributed by atoms with Crippen LogP contribution in [0.15, 0.2) is 73.8 Å². The van der Waals surface area contributed by atoms with Crippen molar-refractivity contribution in [2.75, 3.05) is 0 Å². The number of fused-ring (bicyclic) bond motifs is 3. The number of hydrogen-bond donors (Lipinski definition) is 1. The van der Waals surface area contributed by atoms with E-state index in [-0.39, 0.29) is 16.5 Å². The average molecular weight is 401 g/mol. The molecule has 0 amide bonds. The molecule has 0 atom stereocenters. The van der Waals surface area contributed by atoms with E-state index in [1.807, 2.05) is 0 Å². The van der Waals surface area contributed by atoms with Crippen molar-refractivity contribution in [2.24, 2.45) is 0 Å². The van der Waals surface area contributed by atoms with Crippen LogP contribution in [0.25, 0.3) is 11.1 Å². The van der Waals surface area contributed by atoms with Crippen LogP contribution in [0.4, 0.5) is 0 Å². The van der Waals surface area contributed by atoms with E-state index in [4.69, 9.17) is 0 Å². The molecule has 2 aromatic rings. The van der Waals surface area contributed by atoms with Crippen LogP contribution in [-0.2, 0) is 16.8 Å². The number of hydrogen-bond acceptors (Lipinski definition) is 1. The molecule has 0 unspecified atom stereocenters. The molecule has 0 bridgehead atoms. The fraction of sp³-hybridized carbons (Fsp3) is 0.304. The van der Waals surface area contributed by atoms with Crippen molar-refractivity contribution < 1.29 is 16.8 Å². The SMILES string of the molecule is C=CC=C.CC(C)(C)[NH][Ti]([CH3])([CH3])[CH]1c2ccccc2-c2ccccc21.[SiH4]. The topological polar surface area (TPSA) is 12.0 Å². The molecule has 140 valence electrons. The molecule has 0 spiro atoms. The van der Waals surface area contributed by atoms with Gasteiger partial charge in [-0.15, -0.1) is 0 Å². The summed E-state index contributed by atoms with van der Waals surface area (Å²) in [6.07, 6.45) is 3.28. The fourth-order valence-corrected chi connectivity index (χ4v) is 10.4. The van der Waals surface area contributed by atoms with Gasteiger partial charge in [-0.25, -0.2) is 0 Å². The second-order valence-electron chi connectivity index (χ2n) is 8.18. The number of allylic oxidation sites excluding steroid dienone is 2. The molecule has 0 aromatic heterocycles. The third kappa shape index (κ3) is 5.17. The van der Waals surface area contributed by atoms with Crippen molar-refractivity contribution in [3.8, 4) is 11.1 Å². The maximum atomic E-state index is 4.01. The van der Waals surface area contributed by atoms with Gasteiger partial charge in [-0.1, -0.05) is 25.3 Å². The molecule has 0 saturated heterocycles. The minimum absolute atomic E-state index is 0. The van der Waals surface area contributed by atoms with Gasteiger partial charge in [-0.3, -0.25) is 0 Å². The third-order valence-corrected chi connectivity index (χ3v) is 9.82. The first-order valence-electron chi connectivity index (χ1n) is 8.92. The molecule has 1 aliphatic carbocycles. The molecule has 0 aliphatic heterocycles. The van der Waals surface area contributed by atoms with E-state index in [1.165, 1.54) is 22.3 Å². The van der Waals surface area contributed by atoms with Crippen LogP contribution in [-0.4, -0.2) is 16.5 Å². The van der Waals surface area contributed by atoms with E-state index >= 15 is 0 Å². The van der Waals surface area contributed by atoms with E-state index in [0.29, 0.717) is 4.22 Å². The van der Waals surface area contributed by atoms with Crippen molar-refractivity contribution in [2.45, 2.75) is 41.0 Å². The first kappa shape index (κ1) is 22.9. The smallest absolute Gasteiger partial charge is 0.0149 e. The van der Waals surface area contributed by atoms with Crippen molar-refractivity contribution in [1.82, 2.24) is 3.80 Å². The Bertz CT molecular complexity index is 707. The maximum Gasteiger partial charge on any atom is -0.0149 e. The number of benzene rings is 2. The summed E-state index contributed by atoms with van der Waals surface area (Å²) in [6.45, 7) is 13.6. The fourth-order valence-electron chi connectivity index (χ4n) is 3.97. The summed E-state index contributed by atoms with van der Waals surface area (Å²) in [7, 11) is 0. The molecule has 2 aromatic carbocycles. The molecule has 1 nitrogen and oxygen atoms in total. The van der Waals surface area contributed by atoms with Gasteiger partial charge in [-0.05, 0) is 11.0 Å². The normalized spacial score (nSPS) is 12.8. The molecule has 26 heavy (non-hydrogen) atoms. The largest absolute Gasteiger partial charge is 0.0149 e. The molecule has 0 heterocycles. The Morgan fingerprint density at radius 3 is 1.58 bits per heavy atom. The Kier molecular flexibility index (Phi) is 8.04. The van der Waals surface area contributed by atoms with Gasteiger partial charge in [0, 0.05) is 0 Å². The predicted octanol–water partition coefficient (Wildman–Crippen LogP) is 5.22. The minimum Gasteiger partial charge on any atom is -0.0149 e. The zero-order valence-corrected chi connectivity index (χ0v) is 17.8. The van der Waals surface area contributed by atoms with E-state index in [0.717, 1.165) is 0 Å². The van der Waals surface area contributed by atoms with Crippen LogP contribution in [0.5, 0.6) is 0 Å². The van der Waals surface area contributed by atoms with E-state index < -0.39 is 16.8 Å². The zero-order chi connectivity index (χ0) is 18.7. The third-order valence-electron chi connectivity index (χ3n) is 4.42. The van der Waals surface area contributed by atoms with Crippen LogP contribution < -0.4 is 3.80 Å². The van der Waals surface area contributed by atoms with Crippen LogP contribution >= 0.6 is 0 Å². The Hall–Kier alpha value is -1.19. The van der Waals surface area contributed by atoms with Gasteiger partial charge in [0.25, 0.3) is 0 Å². The summed E-state index contributed by atoms with van der Waals surface area (Å²) >= 11 is -2.24. The first-order chi connectivity index (χ1) is 11.7. The summed E-state index contributed by atoms with van der Waals surface area (Å²) < 4.78 is 4.59. The maximum absolute atomic E-state index is 4.01. The summed E-state index contributed by atoms with van der Waals surface area (Å²) in [5.74, 6) is 0. The molecule has 1 N–H and O–H groups in total. The van der Waals surface area contributed by atoms with Gasteiger partial charge < -0.3 is 0 Å². The van der Waals surface area contributed by atoms with E-state index in [2.05, 4.69) is 96.7 Å². The summed E-state index contributed by atoms with van der Waals surface area (Å²) in [6, 6.07) is 17.9. The van der Waals surface area contributed by atoms with Crippen LogP contribution in [0.3, 0.4) is 0 Å². The monoisotopic (exact) mass is 401 g/mol. The molecule has 1 aliphatic rings. The molecular weight excluding hydrogens is 366 g/mol. The molecular formula is C23H35NSiTi. The minimum atomic E-state index is -2.24. The van der Waals surface area contributed by atoms with Gasteiger partial charge in [0.2, 0.25) is 0 Å². The Balaban J connectivity index is 0.000000616. The van der Waals surface area contributed by atoms with Gasteiger partial charge in [-0.2, -0.15) is 0 Å². The van der Waals surface area contributed by atoms with Crippen molar-refractivity contribution >= 4 is 11.0 Å². The van der Waals surface area contributed by atoms with Gasteiger partial charge in [0.15, 0.2) is 0 Å². The number of nitrogens with one attached hydrogen (secondary N) is 1. The second kappa shape index (κ2) is 9.14. The summed E-state index contributed by atoms with van der Waals surface area (Å²) in [4.78, 5) is 0. The molecule has 3 heteroatoms. The van der Waals surface area contributed by atoms with Crippen LogP contribution in [0.2, 0.25) is 10.5 Å². The van der Waals surface area contributed by atoms with Gasteiger partial charge >= 0.3 is 132 Å². The van der Waals surface area contributed by atoms with Gasteiger partial charge in [0.05, 0.1) is 0 Å². The van der Waals surface area contributed by atoms with Gasteiger partial charge in [0.1, 0.15) is 0 Å². The average Bonchev–Trinajstić information content (AvgIpc) is 2.88. The number of rotatable bonds is 3. The van der Waals surface area contributed by atoms with Crippen LogP contribution in [0.1, 0.15) is 36.1 Å². The standard InChI is InChI=1S/C13H9.C4H10N.C4H6.2CH3.H4Si.Ti/c1-3-7-12-10(5-1)9-11-6-2-4-8-13(11)12;1-4(2,3)5;1-3-4-2;;;;/h1-9H;5H,1-3H3;3-4H,1-2H2;2*1H3;1H4;/q;-1;;;;;+1. The summed E-state index contributed by atoms with van der Waals surface area (Å²) in [5, 5.41) is 5.02. The molecule has 0 fully saturated rings.